The molecule has 0 aliphatic carbocycles. The summed E-state index contributed by atoms with van der Waals surface area (Å²) in [5, 5.41) is 10.4. The van der Waals surface area contributed by atoms with E-state index in [0.717, 1.165) is 15.9 Å². The maximum absolute atomic E-state index is 9.71. The Hall–Kier alpha value is -0.0500. The summed E-state index contributed by atoms with van der Waals surface area (Å²) in [6, 6.07) is 6.06. The molecule has 1 aromatic rings. The molecule has 0 aromatic heterocycles. The van der Waals surface area contributed by atoms with Gasteiger partial charge in [-0.1, -0.05) is 51.8 Å². The molecule has 3 heteroatoms. The predicted octanol–water partition coefficient (Wildman–Crippen LogP) is 5.03. The monoisotopic (exact) mass is 332 g/mol. The molecule has 0 saturated heterocycles. The Morgan fingerprint density at radius 3 is 2.44 bits per heavy atom. The van der Waals surface area contributed by atoms with Crippen molar-refractivity contribution < 1.29 is 5.11 Å². The van der Waals surface area contributed by atoms with Gasteiger partial charge in [-0.25, -0.2) is 0 Å². The van der Waals surface area contributed by atoms with Crippen molar-refractivity contribution in [3.05, 3.63) is 33.3 Å². The SMILES string of the molecule is CC[C@H](C)C(CO)C(C)(C)c1ccc(Br)c(Cl)c1. The maximum atomic E-state index is 9.71. The summed E-state index contributed by atoms with van der Waals surface area (Å²) in [7, 11) is 0. The molecule has 0 bridgehead atoms. The fraction of sp³-hybridized carbons (Fsp3) is 0.600. The quantitative estimate of drug-likeness (QED) is 0.801. The van der Waals surface area contributed by atoms with E-state index < -0.39 is 0 Å². The van der Waals surface area contributed by atoms with Crippen LogP contribution in [0.3, 0.4) is 0 Å². The Morgan fingerprint density at radius 2 is 2.00 bits per heavy atom. The molecule has 0 amide bonds. The molecule has 1 N–H and O–H groups in total. The molecule has 0 fully saturated rings. The van der Waals surface area contributed by atoms with Crippen LogP contribution in [0.2, 0.25) is 5.02 Å². The second kappa shape index (κ2) is 6.40. The van der Waals surface area contributed by atoms with Gasteiger partial charge in [-0.3, -0.25) is 0 Å². The molecular weight excluding hydrogens is 312 g/mol. The lowest BCUT2D eigenvalue weighted by atomic mass is 9.68. The van der Waals surface area contributed by atoms with Crippen molar-refractivity contribution in [3.8, 4) is 0 Å². The van der Waals surface area contributed by atoms with Crippen molar-refractivity contribution in [2.24, 2.45) is 11.8 Å². The normalized spacial score (nSPS) is 15.5. The molecule has 0 heterocycles. The van der Waals surface area contributed by atoms with Gasteiger partial charge < -0.3 is 5.11 Å². The molecule has 18 heavy (non-hydrogen) atoms. The third kappa shape index (κ3) is 3.28. The van der Waals surface area contributed by atoms with Crippen molar-refractivity contribution in [1.29, 1.82) is 0 Å². The van der Waals surface area contributed by atoms with Crippen molar-refractivity contribution >= 4 is 27.5 Å². The Bertz CT molecular complexity index is 403. The van der Waals surface area contributed by atoms with E-state index in [4.69, 9.17) is 11.6 Å². The highest BCUT2D eigenvalue weighted by Crippen LogP contribution is 2.39. The van der Waals surface area contributed by atoms with Crippen LogP contribution >= 0.6 is 27.5 Å². The summed E-state index contributed by atoms with van der Waals surface area (Å²) < 4.78 is 0.910. The van der Waals surface area contributed by atoms with Gasteiger partial charge in [0.2, 0.25) is 0 Å². The van der Waals surface area contributed by atoms with Gasteiger partial charge in [0.15, 0.2) is 0 Å². The Morgan fingerprint density at radius 1 is 1.39 bits per heavy atom. The number of aliphatic hydroxyl groups is 1. The van der Waals surface area contributed by atoms with E-state index in [2.05, 4.69) is 49.7 Å². The molecule has 1 nitrogen and oxygen atoms in total. The van der Waals surface area contributed by atoms with Crippen LogP contribution in [0.5, 0.6) is 0 Å². The first-order chi connectivity index (χ1) is 8.34. The van der Waals surface area contributed by atoms with Gasteiger partial charge in [0, 0.05) is 11.1 Å². The molecular formula is C15H22BrClO. The first-order valence-corrected chi connectivity index (χ1v) is 7.58. The van der Waals surface area contributed by atoms with Crippen LogP contribution in [0, 0.1) is 11.8 Å². The minimum absolute atomic E-state index is 0.0888. The van der Waals surface area contributed by atoms with E-state index in [1.807, 2.05) is 12.1 Å². The highest BCUT2D eigenvalue weighted by atomic mass is 79.9. The highest BCUT2D eigenvalue weighted by molar-refractivity contribution is 9.10. The van der Waals surface area contributed by atoms with E-state index in [0.29, 0.717) is 5.92 Å². The lowest BCUT2D eigenvalue weighted by molar-refractivity contribution is 0.117. The number of hydrogen-bond acceptors (Lipinski definition) is 1. The fourth-order valence-electron chi connectivity index (χ4n) is 2.51. The van der Waals surface area contributed by atoms with Crippen LogP contribution < -0.4 is 0 Å². The van der Waals surface area contributed by atoms with Gasteiger partial charge in [-0.15, -0.1) is 0 Å². The molecule has 102 valence electrons. The smallest absolute Gasteiger partial charge is 0.0551 e. The Labute approximate surface area is 124 Å². The minimum Gasteiger partial charge on any atom is -0.396 e. The molecule has 0 aliphatic heterocycles. The highest BCUT2D eigenvalue weighted by Gasteiger charge is 2.34. The third-order valence-electron chi connectivity index (χ3n) is 4.12. The molecule has 2 atom stereocenters. The standard InChI is InChI=1S/C15H22BrClO/c1-5-10(2)12(9-18)15(3,4)11-6-7-13(16)14(17)8-11/h6-8,10,12,18H,5,9H2,1-4H3/t10-,12?/m0/s1. The summed E-state index contributed by atoms with van der Waals surface area (Å²) in [6.45, 7) is 8.93. The van der Waals surface area contributed by atoms with Gasteiger partial charge in [0.05, 0.1) is 5.02 Å². The van der Waals surface area contributed by atoms with Gasteiger partial charge in [-0.05, 0) is 50.9 Å². The topological polar surface area (TPSA) is 20.2 Å². The summed E-state index contributed by atoms with van der Waals surface area (Å²) in [5.74, 6) is 0.715. The second-order valence-electron chi connectivity index (χ2n) is 5.53. The third-order valence-corrected chi connectivity index (χ3v) is 5.35. The average Bonchev–Trinajstić information content (AvgIpc) is 2.32. The number of benzene rings is 1. The molecule has 1 rings (SSSR count). The van der Waals surface area contributed by atoms with Crippen molar-refractivity contribution in [2.75, 3.05) is 6.61 Å². The van der Waals surface area contributed by atoms with Gasteiger partial charge in [-0.2, -0.15) is 0 Å². The van der Waals surface area contributed by atoms with E-state index in [-0.39, 0.29) is 17.9 Å². The number of halogens is 2. The van der Waals surface area contributed by atoms with Gasteiger partial charge in [0.25, 0.3) is 0 Å². The summed E-state index contributed by atoms with van der Waals surface area (Å²) in [4.78, 5) is 0. The van der Waals surface area contributed by atoms with E-state index in [1.165, 1.54) is 5.56 Å². The first-order valence-electron chi connectivity index (χ1n) is 6.41. The maximum Gasteiger partial charge on any atom is 0.0551 e. The van der Waals surface area contributed by atoms with Crippen molar-refractivity contribution in [1.82, 2.24) is 0 Å². The Kier molecular flexibility index (Phi) is 5.69. The lowest BCUT2D eigenvalue weighted by Gasteiger charge is -2.37. The van der Waals surface area contributed by atoms with Gasteiger partial charge in [0.1, 0.15) is 0 Å². The van der Waals surface area contributed by atoms with Crippen LogP contribution in [0.1, 0.15) is 39.7 Å². The summed E-state index contributed by atoms with van der Waals surface area (Å²) in [6.07, 6.45) is 1.07. The van der Waals surface area contributed by atoms with Crippen LogP contribution in [0.25, 0.3) is 0 Å². The van der Waals surface area contributed by atoms with Crippen molar-refractivity contribution in [3.63, 3.8) is 0 Å². The number of aliphatic hydroxyl groups excluding tert-OH is 1. The van der Waals surface area contributed by atoms with Crippen LogP contribution in [0.4, 0.5) is 0 Å². The molecule has 0 aliphatic rings. The lowest BCUT2D eigenvalue weighted by Crippen LogP contribution is -2.35. The first kappa shape index (κ1) is 16.0. The zero-order chi connectivity index (χ0) is 13.9. The average molecular weight is 334 g/mol. The molecule has 1 unspecified atom stereocenters. The predicted molar refractivity (Wildman–Crippen MR) is 82.2 cm³/mol. The van der Waals surface area contributed by atoms with E-state index >= 15 is 0 Å². The largest absolute Gasteiger partial charge is 0.396 e. The second-order valence-corrected chi connectivity index (χ2v) is 6.79. The fourth-order valence-corrected chi connectivity index (χ4v) is 2.94. The van der Waals surface area contributed by atoms with E-state index in [9.17, 15) is 5.11 Å². The van der Waals surface area contributed by atoms with E-state index in [1.54, 1.807) is 0 Å². The molecule has 1 aromatic carbocycles. The van der Waals surface area contributed by atoms with Crippen LogP contribution in [0.15, 0.2) is 22.7 Å². The number of rotatable bonds is 5. The zero-order valence-corrected chi connectivity index (χ0v) is 13.8. The summed E-state index contributed by atoms with van der Waals surface area (Å²) >= 11 is 9.58. The minimum atomic E-state index is -0.0888. The van der Waals surface area contributed by atoms with Crippen molar-refractivity contribution in [2.45, 2.75) is 39.5 Å². The molecule has 0 spiro atoms. The zero-order valence-electron chi connectivity index (χ0n) is 11.5. The van der Waals surface area contributed by atoms with Crippen LogP contribution in [-0.2, 0) is 5.41 Å². The Balaban J connectivity index is 3.13. The molecule has 0 radical (unpaired) electrons. The van der Waals surface area contributed by atoms with Gasteiger partial charge >= 0.3 is 0 Å². The molecule has 0 saturated carbocycles. The summed E-state index contributed by atoms with van der Waals surface area (Å²) in [5.41, 5.74) is 1.09. The number of hydrogen-bond donors (Lipinski definition) is 1. The van der Waals surface area contributed by atoms with Crippen LogP contribution in [-0.4, -0.2) is 11.7 Å².